The summed E-state index contributed by atoms with van der Waals surface area (Å²) in [6.45, 7) is 1.90. The van der Waals surface area contributed by atoms with Gasteiger partial charge in [0.15, 0.2) is 0 Å². The Bertz CT molecular complexity index is 445. The van der Waals surface area contributed by atoms with E-state index < -0.39 is 0 Å². The van der Waals surface area contributed by atoms with Crippen LogP contribution in [0.25, 0.3) is 0 Å². The van der Waals surface area contributed by atoms with Crippen LogP contribution < -0.4 is 11.1 Å². The first-order chi connectivity index (χ1) is 8.61. The Morgan fingerprint density at radius 1 is 1.44 bits per heavy atom. The van der Waals surface area contributed by atoms with E-state index in [0.717, 1.165) is 24.8 Å². The van der Waals surface area contributed by atoms with Crippen LogP contribution in [0.1, 0.15) is 35.2 Å². The molecular weight excluding hydrogens is 228 g/mol. The molecule has 0 aliphatic heterocycles. The van der Waals surface area contributed by atoms with Crippen LogP contribution in [0.4, 0.5) is 5.69 Å². The molecule has 2 unspecified atom stereocenters. The Kier molecular flexibility index (Phi) is 3.87. The van der Waals surface area contributed by atoms with Crippen LogP contribution in [0.2, 0.25) is 0 Å². The molecule has 1 amide bonds. The van der Waals surface area contributed by atoms with Crippen LogP contribution in [0.3, 0.4) is 0 Å². The fourth-order valence-corrected chi connectivity index (χ4v) is 2.56. The average molecular weight is 248 g/mol. The molecule has 1 aromatic carbocycles. The number of anilines is 1. The second kappa shape index (κ2) is 5.40. The second-order valence-electron chi connectivity index (χ2n) is 4.86. The molecule has 98 valence electrons. The molecule has 1 fully saturated rings. The maximum atomic E-state index is 12.2. The number of carbonyl (C=O) groups excluding carboxylic acids is 1. The summed E-state index contributed by atoms with van der Waals surface area (Å²) >= 11 is 0. The lowest BCUT2D eigenvalue weighted by Crippen LogP contribution is -2.40. The molecule has 0 aromatic heterocycles. The van der Waals surface area contributed by atoms with E-state index in [1.807, 2.05) is 13.0 Å². The molecule has 4 nitrogen and oxygen atoms in total. The summed E-state index contributed by atoms with van der Waals surface area (Å²) in [5.41, 5.74) is 7.95. The molecule has 0 saturated heterocycles. The van der Waals surface area contributed by atoms with Crippen LogP contribution >= 0.6 is 0 Å². The number of amides is 1. The minimum Gasteiger partial charge on any atom is -0.399 e. The molecule has 0 bridgehead atoms. The first-order valence-electron chi connectivity index (χ1n) is 6.31. The summed E-state index contributed by atoms with van der Waals surface area (Å²) in [6.07, 6.45) is 3.24. The number of methoxy groups -OCH3 is 1. The summed E-state index contributed by atoms with van der Waals surface area (Å²) in [6, 6.07) is 5.47. The van der Waals surface area contributed by atoms with Gasteiger partial charge in [-0.2, -0.15) is 0 Å². The zero-order valence-electron chi connectivity index (χ0n) is 10.9. The van der Waals surface area contributed by atoms with Crippen molar-refractivity contribution < 1.29 is 9.53 Å². The zero-order valence-corrected chi connectivity index (χ0v) is 10.9. The van der Waals surface area contributed by atoms with Crippen LogP contribution in [-0.2, 0) is 4.74 Å². The molecule has 1 aliphatic carbocycles. The van der Waals surface area contributed by atoms with E-state index in [2.05, 4.69) is 5.32 Å². The number of carbonyl (C=O) groups is 1. The van der Waals surface area contributed by atoms with E-state index in [0.29, 0.717) is 11.3 Å². The minimum atomic E-state index is -0.0403. The molecule has 1 aliphatic rings. The lowest BCUT2D eigenvalue weighted by atomic mass is 10.1. The van der Waals surface area contributed by atoms with E-state index in [1.165, 1.54) is 0 Å². The Hall–Kier alpha value is -1.55. The van der Waals surface area contributed by atoms with Crippen molar-refractivity contribution in [2.75, 3.05) is 12.8 Å². The summed E-state index contributed by atoms with van der Waals surface area (Å²) in [5, 5.41) is 3.05. The molecular formula is C14H20N2O2. The SMILES string of the molecule is COC1CCCC1NC(=O)c1ccc(N)cc1C. The highest BCUT2D eigenvalue weighted by Crippen LogP contribution is 2.22. The summed E-state index contributed by atoms with van der Waals surface area (Å²) in [4.78, 5) is 12.2. The molecule has 0 heterocycles. The zero-order chi connectivity index (χ0) is 13.1. The lowest BCUT2D eigenvalue weighted by molar-refractivity contribution is 0.0722. The molecule has 3 N–H and O–H groups in total. The summed E-state index contributed by atoms with van der Waals surface area (Å²) in [5.74, 6) is -0.0403. The highest BCUT2D eigenvalue weighted by Gasteiger charge is 2.28. The van der Waals surface area contributed by atoms with Crippen LogP contribution in [0.15, 0.2) is 18.2 Å². The number of nitrogens with two attached hydrogens (primary N) is 1. The second-order valence-corrected chi connectivity index (χ2v) is 4.86. The van der Waals surface area contributed by atoms with Crippen molar-refractivity contribution >= 4 is 11.6 Å². The first-order valence-corrected chi connectivity index (χ1v) is 6.31. The van der Waals surface area contributed by atoms with E-state index in [9.17, 15) is 4.79 Å². The topological polar surface area (TPSA) is 64.3 Å². The largest absolute Gasteiger partial charge is 0.399 e. The number of hydrogen-bond donors (Lipinski definition) is 2. The number of nitrogen functional groups attached to an aromatic ring is 1. The van der Waals surface area contributed by atoms with Gasteiger partial charge < -0.3 is 15.8 Å². The monoisotopic (exact) mass is 248 g/mol. The van der Waals surface area contributed by atoms with Crippen molar-refractivity contribution in [3.8, 4) is 0 Å². The Morgan fingerprint density at radius 2 is 2.22 bits per heavy atom. The smallest absolute Gasteiger partial charge is 0.251 e. The van der Waals surface area contributed by atoms with Gasteiger partial charge in [0.2, 0.25) is 0 Å². The predicted molar refractivity (Wildman–Crippen MR) is 71.5 cm³/mol. The van der Waals surface area contributed by atoms with Crippen LogP contribution in [0, 0.1) is 6.92 Å². The molecule has 4 heteroatoms. The Labute approximate surface area is 108 Å². The van der Waals surface area contributed by atoms with Gasteiger partial charge in [0, 0.05) is 18.4 Å². The van der Waals surface area contributed by atoms with E-state index >= 15 is 0 Å². The Balaban J connectivity index is 2.07. The van der Waals surface area contributed by atoms with Crippen LogP contribution in [0.5, 0.6) is 0 Å². The number of hydrogen-bond acceptors (Lipinski definition) is 3. The third-order valence-corrected chi connectivity index (χ3v) is 3.57. The quantitative estimate of drug-likeness (QED) is 0.803. The molecule has 1 aromatic rings. The normalized spacial score (nSPS) is 23.0. The average Bonchev–Trinajstić information content (AvgIpc) is 2.76. The standard InChI is InChI=1S/C14H20N2O2/c1-9-8-10(15)6-7-11(9)14(17)16-12-4-3-5-13(12)18-2/h6-8,12-13H,3-5,15H2,1-2H3,(H,16,17). The predicted octanol–water partition coefficient (Wildman–Crippen LogP) is 1.87. The van der Waals surface area contributed by atoms with Crippen molar-refractivity contribution in [3.63, 3.8) is 0 Å². The first kappa shape index (κ1) is 12.9. The maximum Gasteiger partial charge on any atom is 0.251 e. The summed E-state index contributed by atoms with van der Waals surface area (Å²) in [7, 11) is 1.70. The van der Waals surface area contributed by atoms with Crippen molar-refractivity contribution in [1.82, 2.24) is 5.32 Å². The van der Waals surface area contributed by atoms with E-state index in [-0.39, 0.29) is 18.1 Å². The number of rotatable bonds is 3. The van der Waals surface area contributed by atoms with E-state index in [4.69, 9.17) is 10.5 Å². The van der Waals surface area contributed by atoms with Gasteiger partial charge in [-0.1, -0.05) is 0 Å². The van der Waals surface area contributed by atoms with Gasteiger partial charge in [-0.25, -0.2) is 0 Å². The van der Waals surface area contributed by atoms with Gasteiger partial charge in [0.1, 0.15) is 0 Å². The minimum absolute atomic E-state index is 0.0403. The third kappa shape index (κ3) is 2.64. The highest BCUT2D eigenvalue weighted by atomic mass is 16.5. The fraction of sp³-hybridized carbons (Fsp3) is 0.500. The Morgan fingerprint density at radius 3 is 2.89 bits per heavy atom. The van der Waals surface area contributed by atoms with E-state index in [1.54, 1.807) is 19.2 Å². The number of nitrogens with one attached hydrogen (secondary N) is 1. The summed E-state index contributed by atoms with van der Waals surface area (Å²) < 4.78 is 5.38. The number of ether oxygens (including phenoxy) is 1. The molecule has 0 spiro atoms. The number of benzene rings is 1. The van der Waals surface area contributed by atoms with Gasteiger partial charge in [0.05, 0.1) is 12.1 Å². The molecule has 0 radical (unpaired) electrons. The highest BCUT2D eigenvalue weighted by molar-refractivity contribution is 5.96. The van der Waals surface area contributed by atoms with Gasteiger partial charge >= 0.3 is 0 Å². The molecule has 1 saturated carbocycles. The van der Waals surface area contributed by atoms with Crippen molar-refractivity contribution in [1.29, 1.82) is 0 Å². The molecule has 18 heavy (non-hydrogen) atoms. The molecule has 2 rings (SSSR count). The lowest BCUT2D eigenvalue weighted by Gasteiger charge is -2.20. The van der Waals surface area contributed by atoms with Gasteiger partial charge in [-0.05, 0) is 49.9 Å². The molecule has 2 atom stereocenters. The van der Waals surface area contributed by atoms with Crippen LogP contribution in [-0.4, -0.2) is 25.2 Å². The van der Waals surface area contributed by atoms with Gasteiger partial charge in [-0.15, -0.1) is 0 Å². The maximum absolute atomic E-state index is 12.2. The van der Waals surface area contributed by atoms with Crippen molar-refractivity contribution in [3.05, 3.63) is 29.3 Å². The van der Waals surface area contributed by atoms with Gasteiger partial charge in [0.25, 0.3) is 5.91 Å². The van der Waals surface area contributed by atoms with Crippen molar-refractivity contribution in [2.24, 2.45) is 0 Å². The number of aryl methyl sites for hydroxylation is 1. The van der Waals surface area contributed by atoms with Gasteiger partial charge in [-0.3, -0.25) is 4.79 Å². The third-order valence-electron chi connectivity index (χ3n) is 3.57. The fourth-order valence-electron chi connectivity index (χ4n) is 2.56. The van der Waals surface area contributed by atoms with Crippen molar-refractivity contribution in [2.45, 2.75) is 38.3 Å².